The molecule has 0 radical (unpaired) electrons. The fraction of sp³-hybridized carbons (Fsp3) is 0.240. The molecule has 5 rings (SSSR count). The summed E-state index contributed by atoms with van der Waals surface area (Å²) in [4.78, 5) is 35.2. The molecule has 1 fully saturated rings. The third-order valence-electron chi connectivity index (χ3n) is 6.10. The standard InChI is InChI=1S/C25H23ClN4O2/c1-16-5-6-17(2)22(14-16)28-10-12-29(13-11-28)24(31)19-4-3-9-30-23(19)27-21-8-7-18(26)15-20(21)25(30)32/h3-9,14-15H,10-13H2,1-2H3. The molecule has 0 bridgehead atoms. The molecule has 4 aromatic rings. The van der Waals surface area contributed by atoms with E-state index in [1.165, 1.54) is 21.2 Å². The number of carbonyl (C=O) groups excluding carboxylic acids is 1. The molecule has 1 amide bonds. The SMILES string of the molecule is Cc1ccc(C)c(N2CCN(C(=O)c3cccn4c(=O)c5cc(Cl)ccc5nc34)CC2)c1. The number of hydrogen-bond donors (Lipinski definition) is 0. The van der Waals surface area contributed by atoms with Gasteiger partial charge in [-0.25, -0.2) is 4.98 Å². The second-order valence-corrected chi connectivity index (χ2v) is 8.70. The van der Waals surface area contributed by atoms with Crippen molar-refractivity contribution >= 4 is 39.7 Å². The summed E-state index contributed by atoms with van der Waals surface area (Å²) in [7, 11) is 0. The maximum atomic E-state index is 13.4. The van der Waals surface area contributed by atoms with Crippen LogP contribution in [0.2, 0.25) is 5.02 Å². The molecule has 32 heavy (non-hydrogen) atoms. The minimum Gasteiger partial charge on any atom is -0.368 e. The summed E-state index contributed by atoms with van der Waals surface area (Å²) in [6.07, 6.45) is 1.64. The van der Waals surface area contributed by atoms with Crippen molar-refractivity contribution in [3.8, 4) is 0 Å². The summed E-state index contributed by atoms with van der Waals surface area (Å²) in [5, 5.41) is 0.909. The number of benzene rings is 2. The molecule has 1 saturated heterocycles. The van der Waals surface area contributed by atoms with Gasteiger partial charge in [0, 0.05) is 43.1 Å². The molecule has 0 atom stereocenters. The van der Waals surface area contributed by atoms with Gasteiger partial charge in [0.15, 0.2) is 5.65 Å². The Bertz CT molecular complexity index is 1420. The first-order chi connectivity index (χ1) is 15.4. The van der Waals surface area contributed by atoms with E-state index in [9.17, 15) is 9.59 Å². The molecular formula is C25H23ClN4O2. The van der Waals surface area contributed by atoms with Gasteiger partial charge in [0.05, 0.1) is 16.5 Å². The second kappa shape index (κ2) is 7.95. The molecular weight excluding hydrogens is 424 g/mol. The number of anilines is 1. The van der Waals surface area contributed by atoms with Crippen LogP contribution in [0.25, 0.3) is 16.6 Å². The van der Waals surface area contributed by atoms with Crippen LogP contribution in [0.4, 0.5) is 5.69 Å². The van der Waals surface area contributed by atoms with Crippen LogP contribution in [-0.2, 0) is 0 Å². The second-order valence-electron chi connectivity index (χ2n) is 8.26. The van der Waals surface area contributed by atoms with Crippen molar-refractivity contribution in [3.63, 3.8) is 0 Å². The number of aryl methyl sites for hydroxylation is 2. The van der Waals surface area contributed by atoms with Crippen molar-refractivity contribution in [2.45, 2.75) is 13.8 Å². The Morgan fingerprint density at radius 3 is 2.56 bits per heavy atom. The lowest BCUT2D eigenvalue weighted by molar-refractivity contribution is 0.0748. The summed E-state index contributed by atoms with van der Waals surface area (Å²) in [5.41, 5.74) is 4.78. The van der Waals surface area contributed by atoms with Gasteiger partial charge in [-0.3, -0.25) is 14.0 Å². The van der Waals surface area contributed by atoms with E-state index >= 15 is 0 Å². The Hall–Kier alpha value is -3.38. The summed E-state index contributed by atoms with van der Waals surface area (Å²) in [5.74, 6) is -0.107. The van der Waals surface area contributed by atoms with Gasteiger partial charge in [-0.1, -0.05) is 23.7 Å². The number of carbonyl (C=O) groups is 1. The molecule has 1 aliphatic heterocycles. The molecule has 7 heteroatoms. The van der Waals surface area contributed by atoms with Gasteiger partial charge in [-0.05, 0) is 61.4 Å². The van der Waals surface area contributed by atoms with E-state index in [1.807, 2.05) is 4.90 Å². The molecule has 1 aliphatic rings. The lowest BCUT2D eigenvalue weighted by Crippen LogP contribution is -2.49. The van der Waals surface area contributed by atoms with Crippen LogP contribution in [0.1, 0.15) is 21.5 Å². The number of hydrogen-bond acceptors (Lipinski definition) is 4. The third kappa shape index (κ3) is 3.50. The van der Waals surface area contributed by atoms with Crippen LogP contribution in [0.3, 0.4) is 0 Å². The first kappa shape index (κ1) is 20.5. The van der Waals surface area contributed by atoms with E-state index in [-0.39, 0.29) is 11.5 Å². The molecule has 6 nitrogen and oxygen atoms in total. The summed E-state index contributed by atoms with van der Waals surface area (Å²) in [6.45, 7) is 6.95. The highest BCUT2D eigenvalue weighted by Crippen LogP contribution is 2.24. The zero-order valence-electron chi connectivity index (χ0n) is 18.0. The van der Waals surface area contributed by atoms with E-state index in [0.29, 0.717) is 40.2 Å². The average Bonchev–Trinajstić information content (AvgIpc) is 2.81. The Morgan fingerprint density at radius 1 is 1.00 bits per heavy atom. The summed E-state index contributed by atoms with van der Waals surface area (Å²) in [6, 6.07) is 14.9. The molecule has 2 aromatic heterocycles. The van der Waals surface area contributed by atoms with E-state index in [1.54, 1.807) is 36.5 Å². The van der Waals surface area contributed by atoms with Crippen LogP contribution in [-0.4, -0.2) is 46.4 Å². The van der Waals surface area contributed by atoms with Crippen LogP contribution in [0.5, 0.6) is 0 Å². The third-order valence-corrected chi connectivity index (χ3v) is 6.34. The van der Waals surface area contributed by atoms with E-state index in [0.717, 1.165) is 13.1 Å². The van der Waals surface area contributed by atoms with Crippen LogP contribution < -0.4 is 10.5 Å². The highest BCUT2D eigenvalue weighted by Gasteiger charge is 2.25. The number of pyridine rings is 1. The van der Waals surface area contributed by atoms with Crippen molar-refractivity contribution in [2.24, 2.45) is 0 Å². The number of piperazine rings is 1. The van der Waals surface area contributed by atoms with Gasteiger partial charge in [-0.2, -0.15) is 0 Å². The normalized spacial score (nSPS) is 14.3. The number of aromatic nitrogens is 2. The molecule has 2 aromatic carbocycles. The maximum absolute atomic E-state index is 13.4. The van der Waals surface area contributed by atoms with Crippen LogP contribution >= 0.6 is 11.6 Å². The molecule has 0 spiro atoms. The first-order valence-electron chi connectivity index (χ1n) is 10.6. The highest BCUT2D eigenvalue weighted by atomic mass is 35.5. The van der Waals surface area contributed by atoms with Crippen molar-refractivity contribution in [2.75, 3.05) is 31.1 Å². The number of rotatable bonds is 2. The van der Waals surface area contributed by atoms with Gasteiger partial charge in [0.2, 0.25) is 0 Å². The van der Waals surface area contributed by atoms with E-state index < -0.39 is 0 Å². The van der Waals surface area contributed by atoms with Crippen molar-refractivity contribution in [1.82, 2.24) is 14.3 Å². The van der Waals surface area contributed by atoms with Crippen molar-refractivity contribution < 1.29 is 4.79 Å². The lowest BCUT2D eigenvalue weighted by atomic mass is 10.1. The number of fused-ring (bicyclic) bond motifs is 2. The topological polar surface area (TPSA) is 57.9 Å². The van der Waals surface area contributed by atoms with Gasteiger partial charge in [-0.15, -0.1) is 0 Å². The highest BCUT2D eigenvalue weighted by molar-refractivity contribution is 6.31. The molecule has 0 saturated carbocycles. The quantitative estimate of drug-likeness (QED) is 0.435. The monoisotopic (exact) mass is 446 g/mol. The van der Waals surface area contributed by atoms with Gasteiger partial charge in [0.25, 0.3) is 11.5 Å². The minimum absolute atomic E-state index is 0.107. The van der Waals surface area contributed by atoms with Crippen molar-refractivity contribution in [3.05, 3.63) is 86.8 Å². The Kier molecular flexibility index (Phi) is 5.10. The average molecular weight is 447 g/mol. The lowest BCUT2D eigenvalue weighted by Gasteiger charge is -2.37. The van der Waals surface area contributed by atoms with Gasteiger partial charge >= 0.3 is 0 Å². The van der Waals surface area contributed by atoms with Gasteiger partial charge < -0.3 is 9.80 Å². The van der Waals surface area contributed by atoms with E-state index in [2.05, 4.69) is 41.9 Å². The number of nitrogens with zero attached hydrogens (tertiary/aromatic N) is 4. The van der Waals surface area contributed by atoms with Crippen LogP contribution in [0, 0.1) is 13.8 Å². The van der Waals surface area contributed by atoms with Crippen LogP contribution in [0.15, 0.2) is 59.5 Å². The smallest absolute Gasteiger partial charge is 0.265 e. The first-order valence-corrected chi connectivity index (χ1v) is 11.0. The predicted molar refractivity (Wildman–Crippen MR) is 128 cm³/mol. The molecule has 0 N–H and O–H groups in total. The number of halogens is 1. The largest absolute Gasteiger partial charge is 0.368 e. The van der Waals surface area contributed by atoms with Gasteiger partial charge in [0.1, 0.15) is 0 Å². The Morgan fingerprint density at radius 2 is 1.78 bits per heavy atom. The maximum Gasteiger partial charge on any atom is 0.265 e. The summed E-state index contributed by atoms with van der Waals surface area (Å²) >= 11 is 6.06. The minimum atomic E-state index is -0.234. The van der Waals surface area contributed by atoms with E-state index in [4.69, 9.17) is 11.6 Å². The summed E-state index contributed by atoms with van der Waals surface area (Å²) < 4.78 is 1.43. The predicted octanol–water partition coefficient (Wildman–Crippen LogP) is 4.08. The fourth-order valence-electron chi connectivity index (χ4n) is 4.35. The fourth-order valence-corrected chi connectivity index (χ4v) is 4.52. The zero-order valence-corrected chi connectivity index (χ0v) is 18.8. The molecule has 3 heterocycles. The Labute approximate surface area is 190 Å². The molecule has 0 unspecified atom stereocenters. The van der Waals surface area contributed by atoms with Crippen molar-refractivity contribution in [1.29, 1.82) is 0 Å². The molecule has 162 valence electrons. The zero-order chi connectivity index (χ0) is 22.4. The number of amides is 1. The molecule has 0 aliphatic carbocycles. The Balaban J connectivity index is 1.45.